The van der Waals surface area contributed by atoms with Crippen LogP contribution in [-0.4, -0.2) is 0 Å². The number of fused-ring (bicyclic) bond motifs is 2. The third-order valence-electron chi connectivity index (χ3n) is 5.36. The molecule has 0 amide bonds. The van der Waals surface area contributed by atoms with Gasteiger partial charge in [-0.3, -0.25) is 0 Å². The monoisotopic (exact) mass is 392 g/mol. The minimum atomic E-state index is -4.54. The minimum absolute atomic E-state index is 0.0225. The third kappa shape index (κ3) is 2.47. The molecule has 4 aromatic rings. The van der Waals surface area contributed by atoms with Gasteiger partial charge in [0.05, 0.1) is 11.1 Å². The van der Waals surface area contributed by atoms with Crippen molar-refractivity contribution in [3.8, 4) is 0 Å². The first-order valence-corrected chi connectivity index (χ1v) is 8.47. The molecule has 0 aliphatic heterocycles. The maximum absolute atomic E-state index is 13.6. The van der Waals surface area contributed by atoms with Crippen molar-refractivity contribution >= 4 is 38.9 Å². The van der Waals surface area contributed by atoms with Crippen LogP contribution in [0.5, 0.6) is 0 Å². The summed E-state index contributed by atoms with van der Waals surface area (Å²) in [6, 6.07) is 7.82. The molecule has 4 aromatic carbocycles. The summed E-state index contributed by atoms with van der Waals surface area (Å²) < 4.78 is 80.8. The van der Waals surface area contributed by atoms with Crippen LogP contribution in [0.1, 0.15) is 22.3 Å². The molecule has 0 radical (unpaired) electrons. The van der Waals surface area contributed by atoms with E-state index in [-0.39, 0.29) is 10.9 Å². The van der Waals surface area contributed by atoms with Crippen LogP contribution in [0.15, 0.2) is 36.4 Å². The molecule has 0 saturated carbocycles. The molecule has 0 nitrogen and oxygen atoms in total. The highest BCUT2D eigenvalue weighted by atomic mass is 19.4. The van der Waals surface area contributed by atoms with E-state index in [2.05, 4.69) is 6.58 Å². The number of rotatable bonds is 0. The number of benzene rings is 4. The summed E-state index contributed by atoms with van der Waals surface area (Å²) in [5.74, 6) is 0. The molecule has 0 aliphatic rings. The Kier molecular flexibility index (Phi) is 3.74. The summed E-state index contributed by atoms with van der Waals surface area (Å²) in [4.78, 5) is 0. The van der Waals surface area contributed by atoms with E-state index < -0.39 is 23.5 Å². The van der Waals surface area contributed by atoms with Crippen LogP contribution in [0.2, 0.25) is 0 Å². The number of alkyl halides is 6. The fraction of sp³-hybridized carbons (Fsp3) is 0.182. The predicted octanol–water partition coefficient (Wildman–Crippen LogP) is 6.93. The second-order valence-electron chi connectivity index (χ2n) is 6.98. The van der Waals surface area contributed by atoms with Crippen molar-refractivity contribution in [2.75, 3.05) is 0 Å². The molecule has 0 unspecified atom stereocenters. The van der Waals surface area contributed by atoms with E-state index in [0.29, 0.717) is 37.7 Å². The van der Waals surface area contributed by atoms with Crippen molar-refractivity contribution in [1.82, 2.24) is 0 Å². The molecule has 6 heteroatoms. The van der Waals surface area contributed by atoms with Crippen molar-refractivity contribution < 1.29 is 26.3 Å². The molecule has 0 aliphatic carbocycles. The van der Waals surface area contributed by atoms with Crippen LogP contribution < -0.4 is 5.22 Å². The zero-order valence-electron chi connectivity index (χ0n) is 14.9. The minimum Gasteiger partial charge on any atom is -0.166 e. The van der Waals surface area contributed by atoms with Crippen LogP contribution >= 0.6 is 0 Å². The van der Waals surface area contributed by atoms with E-state index in [4.69, 9.17) is 0 Å². The summed E-state index contributed by atoms with van der Waals surface area (Å²) >= 11 is 0. The van der Waals surface area contributed by atoms with Crippen molar-refractivity contribution in [3.63, 3.8) is 0 Å². The normalized spacial score (nSPS) is 13.1. The molecule has 0 N–H and O–H groups in total. The van der Waals surface area contributed by atoms with E-state index in [1.165, 1.54) is 19.1 Å². The van der Waals surface area contributed by atoms with E-state index in [1.807, 2.05) is 0 Å². The van der Waals surface area contributed by atoms with Crippen molar-refractivity contribution in [3.05, 3.63) is 63.9 Å². The number of aryl methyl sites for hydroxylation is 2. The van der Waals surface area contributed by atoms with Gasteiger partial charge in [0.2, 0.25) is 0 Å². The fourth-order valence-corrected chi connectivity index (χ4v) is 4.15. The van der Waals surface area contributed by atoms with Crippen molar-refractivity contribution in [2.24, 2.45) is 0 Å². The highest BCUT2D eigenvalue weighted by Gasteiger charge is 2.35. The molecule has 0 bridgehead atoms. The molecular weight excluding hydrogens is 378 g/mol. The highest BCUT2D eigenvalue weighted by molar-refractivity contribution is 6.23. The molecule has 0 heterocycles. The average Bonchev–Trinajstić information content (AvgIpc) is 2.58. The van der Waals surface area contributed by atoms with Crippen molar-refractivity contribution in [2.45, 2.75) is 26.2 Å². The van der Waals surface area contributed by atoms with Gasteiger partial charge in [-0.1, -0.05) is 30.8 Å². The van der Waals surface area contributed by atoms with Gasteiger partial charge in [-0.15, -0.1) is 0 Å². The van der Waals surface area contributed by atoms with Gasteiger partial charge >= 0.3 is 12.4 Å². The van der Waals surface area contributed by atoms with E-state index in [1.54, 1.807) is 19.1 Å². The summed E-state index contributed by atoms with van der Waals surface area (Å²) in [6.45, 7) is 6.90. The molecule has 0 saturated heterocycles. The third-order valence-corrected chi connectivity index (χ3v) is 5.36. The zero-order valence-corrected chi connectivity index (χ0v) is 14.9. The maximum Gasteiger partial charge on any atom is 0.417 e. The number of hydrogen-bond donors (Lipinski definition) is 0. The molecule has 144 valence electrons. The molecule has 0 spiro atoms. The molecule has 0 fully saturated rings. The zero-order chi connectivity index (χ0) is 20.6. The summed E-state index contributed by atoms with van der Waals surface area (Å²) in [5, 5.41) is 2.45. The van der Waals surface area contributed by atoms with Crippen molar-refractivity contribution in [1.29, 1.82) is 0 Å². The molecule has 4 rings (SSSR count). The van der Waals surface area contributed by atoms with E-state index in [9.17, 15) is 26.3 Å². The second-order valence-corrected chi connectivity index (χ2v) is 6.98. The van der Waals surface area contributed by atoms with Crippen LogP contribution in [0, 0.1) is 13.8 Å². The van der Waals surface area contributed by atoms with Crippen LogP contribution in [0.3, 0.4) is 0 Å². The van der Waals surface area contributed by atoms with Gasteiger partial charge in [0.1, 0.15) is 0 Å². The largest absolute Gasteiger partial charge is 0.417 e. The van der Waals surface area contributed by atoms with Gasteiger partial charge < -0.3 is 0 Å². The van der Waals surface area contributed by atoms with Gasteiger partial charge in [-0.25, -0.2) is 0 Å². The summed E-state index contributed by atoms with van der Waals surface area (Å²) in [7, 11) is 0. The first kappa shape index (κ1) is 18.6. The van der Waals surface area contributed by atoms with Crippen LogP contribution in [0.25, 0.3) is 38.9 Å². The average molecular weight is 392 g/mol. The predicted molar refractivity (Wildman–Crippen MR) is 99.2 cm³/mol. The summed E-state index contributed by atoms with van der Waals surface area (Å²) in [5.41, 5.74) is -1.06. The second kappa shape index (κ2) is 5.63. The molecule has 28 heavy (non-hydrogen) atoms. The first-order chi connectivity index (χ1) is 12.9. The fourth-order valence-electron chi connectivity index (χ4n) is 4.15. The Morgan fingerprint density at radius 3 is 1.68 bits per heavy atom. The SMILES string of the molecule is C=c1c2ccc(C)c3c(C(F)(F)F)ccc(c4ccc(C(F)(F)F)c(C)c14)c32. The first-order valence-electron chi connectivity index (χ1n) is 8.47. The standard InChI is InChI=1S/C22H14F6/c1-10-4-5-13-11(2)19-12(3)16(21(23,24)25)8-6-14(19)15-7-9-17(22(26,27)28)18(10)20(13)15/h4-9H,2H2,1,3H3. The van der Waals surface area contributed by atoms with Gasteiger partial charge in [0.25, 0.3) is 0 Å². The maximum atomic E-state index is 13.6. The lowest BCUT2D eigenvalue weighted by Crippen LogP contribution is -2.13. The van der Waals surface area contributed by atoms with Crippen LogP contribution in [-0.2, 0) is 12.4 Å². The Balaban J connectivity index is 2.32. The van der Waals surface area contributed by atoms with Gasteiger partial charge in [-0.2, -0.15) is 26.3 Å². The number of hydrogen-bond acceptors (Lipinski definition) is 0. The Bertz CT molecular complexity index is 1310. The molecular formula is C22H14F6. The molecule has 0 atom stereocenters. The Labute approximate surface area is 156 Å². The quantitative estimate of drug-likeness (QED) is 0.173. The van der Waals surface area contributed by atoms with E-state index >= 15 is 0 Å². The lowest BCUT2D eigenvalue weighted by molar-refractivity contribution is -0.138. The number of halogens is 6. The van der Waals surface area contributed by atoms with Gasteiger partial charge in [0, 0.05) is 0 Å². The van der Waals surface area contributed by atoms with Gasteiger partial charge in [-0.05, 0) is 74.6 Å². The topological polar surface area (TPSA) is 0 Å². The highest BCUT2D eigenvalue weighted by Crippen LogP contribution is 2.42. The Morgan fingerprint density at radius 2 is 1.11 bits per heavy atom. The lowest BCUT2D eigenvalue weighted by atomic mass is 9.87. The lowest BCUT2D eigenvalue weighted by Gasteiger charge is -2.19. The summed E-state index contributed by atoms with van der Waals surface area (Å²) in [6.07, 6.45) is -9.07. The van der Waals surface area contributed by atoms with Crippen LogP contribution in [0.4, 0.5) is 26.3 Å². The van der Waals surface area contributed by atoms with Gasteiger partial charge in [0.15, 0.2) is 0 Å². The Morgan fingerprint density at radius 1 is 0.607 bits per heavy atom. The van der Waals surface area contributed by atoms with E-state index in [0.717, 1.165) is 12.1 Å². The smallest absolute Gasteiger partial charge is 0.166 e. The Hall–Kier alpha value is -2.76. The molecule has 0 aromatic heterocycles.